The average molecular weight is 435 g/mol. The SMILES string of the molecule is COCc1c(CN(C)[C@H]2CCCc3cccnc32)nc2cccc(N3CCN(C)CC3)n12. The van der Waals surface area contributed by atoms with Crippen molar-refractivity contribution in [3.63, 3.8) is 0 Å². The number of hydrogen-bond acceptors (Lipinski definition) is 6. The maximum atomic E-state index is 5.66. The number of ether oxygens (including phenoxy) is 1. The van der Waals surface area contributed by atoms with Gasteiger partial charge in [-0.3, -0.25) is 14.3 Å². The van der Waals surface area contributed by atoms with Gasteiger partial charge in [-0.25, -0.2) is 4.98 Å². The molecule has 32 heavy (non-hydrogen) atoms. The Hall–Kier alpha value is -2.48. The van der Waals surface area contributed by atoms with Gasteiger partial charge in [-0.2, -0.15) is 0 Å². The van der Waals surface area contributed by atoms with Crippen LogP contribution in [0.1, 0.15) is 41.5 Å². The molecule has 3 aromatic heterocycles. The van der Waals surface area contributed by atoms with Gasteiger partial charge in [0.2, 0.25) is 0 Å². The summed E-state index contributed by atoms with van der Waals surface area (Å²) in [7, 11) is 6.17. The van der Waals surface area contributed by atoms with Gasteiger partial charge in [0.15, 0.2) is 0 Å². The minimum atomic E-state index is 0.331. The Morgan fingerprint density at radius 2 is 1.97 bits per heavy atom. The van der Waals surface area contributed by atoms with Crippen LogP contribution in [0, 0.1) is 0 Å². The minimum Gasteiger partial charge on any atom is -0.378 e. The zero-order chi connectivity index (χ0) is 22.1. The van der Waals surface area contributed by atoms with Crippen LogP contribution in [0.3, 0.4) is 0 Å². The first-order valence-electron chi connectivity index (χ1n) is 11.7. The number of rotatable bonds is 6. The highest BCUT2D eigenvalue weighted by Crippen LogP contribution is 2.33. The molecule has 0 bridgehead atoms. The van der Waals surface area contributed by atoms with E-state index in [-0.39, 0.29) is 0 Å². The van der Waals surface area contributed by atoms with E-state index >= 15 is 0 Å². The Bertz CT molecular complexity index is 1070. The van der Waals surface area contributed by atoms with Gasteiger partial charge >= 0.3 is 0 Å². The summed E-state index contributed by atoms with van der Waals surface area (Å²) in [6.07, 6.45) is 5.40. The number of aryl methyl sites for hydroxylation is 1. The van der Waals surface area contributed by atoms with Crippen molar-refractivity contribution in [3.05, 3.63) is 59.2 Å². The van der Waals surface area contributed by atoms with Crippen LogP contribution in [-0.2, 0) is 24.3 Å². The van der Waals surface area contributed by atoms with E-state index in [1.54, 1.807) is 7.11 Å². The summed E-state index contributed by atoms with van der Waals surface area (Å²) in [4.78, 5) is 17.1. The third-order valence-electron chi connectivity index (χ3n) is 7.01. The maximum Gasteiger partial charge on any atom is 0.138 e. The second-order valence-electron chi connectivity index (χ2n) is 9.18. The van der Waals surface area contributed by atoms with Gasteiger partial charge in [0, 0.05) is 46.0 Å². The molecule has 0 radical (unpaired) electrons. The van der Waals surface area contributed by atoms with Crippen molar-refractivity contribution in [2.45, 2.75) is 38.5 Å². The molecule has 1 saturated heterocycles. The number of piperazine rings is 1. The monoisotopic (exact) mass is 434 g/mol. The highest BCUT2D eigenvalue weighted by Gasteiger charge is 2.27. The Labute approximate surface area is 190 Å². The fraction of sp³-hybridized carbons (Fsp3) is 0.520. The molecule has 1 atom stereocenters. The molecule has 0 N–H and O–H groups in total. The number of hydrogen-bond donors (Lipinski definition) is 0. The average Bonchev–Trinajstić information content (AvgIpc) is 3.16. The molecule has 1 fully saturated rings. The van der Waals surface area contributed by atoms with Gasteiger partial charge < -0.3 is 14.5 Å². The molecule has 1 aliphatic heterocycles. The lowest BCUT2D eigenvalue weighted by atomic mass is 9.91. The molecule has 2 aliphatic rings. The standard InChI is InChI=1S/C25H34N6O/c1-28-13-15-30(16-14-28)24-11-5-10-23-27-20(22(18-32-3)31(23)24)17-29(2)21-9-4-7-19-8-6-12-26-25(19)21/h5-6,8,10-12,21H,4,7,9,13-18H2,1-3H3/t21-/m0/s1. The second kappa shape index (κ2) is 9.17. The predicted octanol–water partition coefficient (Wildman–Crippen LogP) is 3.14. The van der Waals surface area contributed by atoms with Gasteiger partial charge in [-0.05, 0) is 57.1 Å². The van der Waals surface area contributed by atoms with Gasteiger partial charge in [0.1, 0.15) is 11.5 Å². The number of anilines is 1. The molecule has 1 aliphatic carbocycles. The highest BCUT2D eigenvalue weighted by molar-refractivity contribution is 5.55. The van der Waals surface area contributed by atoms with Crippen LogP contribution < -0.4 is 4.90 Å². The fourth-order valence-corrected chi connectivity index (χ4v) is 5.24. The van der Waals surface area contributed by atoms with Crippen molar-refractivity contribution in [1.29, 1.82) is 0 Å². The quantitative estimate of drug-likeness (QED) is 0.594. The normalized spacial score (nSPS) is 19.6. The van der Waals surface area contributed by atoms with Crippen LogP contribution in [0.2, 0.25) is 0 Å². The van der Waals surface area contributed by atoms with Crippen LogP contribution in [-0.4, -0.2) is 71.6 Å². The third-order valence-corrected chi connectivity index (χ3v) is 7.01. The first-order chi connectivity index (χ1) is 15.7. The molecule has 170 valence electrons. The largest absolute Gasteiger partial charge is 0.378 e. The van der Waals surface area contributed by atoms with E-state index < -0.39 is 0 Å². The van der Waals surface area contributed by atoms with Crippen molar-refractivity contribution in [2.24, 2.45) is 0 Å². The number of imidazole rings is 1. The molecule has 7 nitrogen and oxygen atoms in total. The molecule has 5 rings (SSSR count). The summed E-state index contributed by atoms with van der Waals surface area (Å²) in [6.45, 7) is 5.54. The molecule has 3 aromatic rings. The van der Waals surface area contributed by atoms with Gasteiger partial charge in [0.25, 0.3) is 0 Å². The molecular formula is C25H34N6O. The van der Waals surface area contributed by atoms with Crippen molar-refractivity contribution in [3.8, 4) is 0 Å². The number of nitrogens with zero attached hydrogens (tertiary/aromatic N) is 6. The van der Waals surface area contributed by atoms with Crippen LogP contribution in [0.15, 0.2) is 36.5 Å². The van der Waals surface area contributed by atoms with Crippen LogP contribution in [0.4, 0.5) is 5.82 Å². The van der Waals surface area contributed by atoms with E-state index in [1.165, 1.54) is 23.5 Å². The zero-order valence-corrected chi connectivity index (χ0v) is 19.5. The molecule has 0 spiro atoms. The Morgan fingerprint density at radius 3 is 2.78 bits per heavy atom. The Morgan fingerprint density at radius 1 is 1.12 bits per heavy atom. The highest BCUT2D eigenvalue weighted by atomic mass is 16.5. The van der Waals surface area contributed by atoms with Gasteiger partial charge in [0.05, 0.1) is 29.7 Å². The topological polar surface area (TPSA) is 49.1 Å². The summed E-state index contributed by atoms with van der Waals surface area (Å²) < 4.78 is 7.97. The van der Waals surface area contributed by atoms with Crippen LogP contribution >= 0.6 is 0 Å². The van der Waals surface area contributed by atoms with Crippen LogP contribution in [0.5, 0.6) is 0 Å². The van der Waals surface area contributed by atoms with E-state index in [0.717, 1.165) is 62.6 Å². The predicted molar refractivity (Wildman–Crippen MR) is 127 cm³/mol. The first-order valence-corrected chi connectivity index (χ1v) is 11.7. The van der Waals surface area contributed by atoms with E-state index in [2.05, 4.69) is 63.5 Å². The first kappa shape index (κ1) is 21.4. The molecule has 0 unspecified atom stereocenters. The summed E-state index contributed by atoms with van der Waals surface area (Å²) in [5, 5.41) is 0. The lowest BCUT2D eigenvalue weighted by Crippen LogP contribution is -2.45. The number of aromatic nitrogens is 3. The molecule has 0 aromatic carbocycles. The summed E-state index contributed by atoms with van der Waals surface area (Å²) in [5.74, 6) is 1.22. The van der Waals surface area contributed by atoms with Crippen molar-refractivity contribution in [1.82, 2.24) is 24.2 Å². The van der Waals surface area contributed by atoms with Crippen molar-refractivity contribution < 1.29 is 4.74 Å². The second-order valence-corrected chi connectivity index (χ2v) is 9.18. The number of pyridine rings is 2. The van der Waals surface area contributed by atoms with Gasteiger partial charge in [-0.1, -0.05) is 12.1 Å². The van der Waals surface area contributed by atoms with Crippen molar-refractivity contribution in [2.75, 3.05) is 52.3 Å². The van der Waals surface area contributed by atoms with E-state index in [9.17, 15) is 0 Å². The lowest BCUT2D eigenvalue weighted by Gasteiger charge is -2.34. The molecule has 0 saturated carbocycles. The Balaban J connectivity index is 1.48. The van der Waals surface area contributed by atoms with E-state index in [4.69, 9.17) is 14.7 Å². The Kier molecular flexibility index (Phi) is 6.13. The van der Waals surface area contributed by atoms with Gasteiger partial charge in [-0.15, -0.1) is 0 Å². The maximum absolute atomic E-state index is 5.66. The summed E-state index contributed by atoms with van der Waals surface area (Å²) in [6, 6.07) is 11.1. The summed E-state index contributed by atoms with van der Waals surface area (Å²) in [5.41, 5.74) is 5.87. The lowest BCUT2D eigenvalue weighted by molar-refractivity contribution is 0.174. The van der Waals surface area contributed by atoms with Crippen molar-refractivity contribution >= 4 is 11.5 Å². The molecular weight excluding hydrogens is 400 g/mol. The zero-order valence-electron chi connectivity index (χ0n) is 19.5. The summed E-state index contributed by atoms with van der Waals surface area (Å²) >= 11 is 0. The number of methoxy groups -OCH3 is 1. The minimum absolute atomic E-state index is 0.331. The van der Waals surface area contributed by atoms with E-state index in [0.29, 0.717) is 12.6 Å². The molecule has 0 amide bonds. The molecule has 4 heterocycles. The molecule has 7 heteroatoms. The third kappa shape index (κ3) is 4.00. The smallest absolute Gasteiger partial charge is 0.138 e. The number of likely N-dealkylation sites (N-methyl/N-ethyl adjacent to an activating group) is 1. The number of fused-ring (bicyclic) bond motifs is 2. The fourth-order valence-electron chi connectivity index (χ4n) is 5.24. The van der Waals surface area contributed by atoms with E-state index in [1.807, 2.05) is 6.20 Å². The van der Waals surface area contributed by atoms with Crippen LogP contribution in [0.25, 0.3) is 5.65 Å².